The normalized spacial score (nSPS) is 18.8. The van der Waals surface area contributed by atoms with Crippen molar-refractivity contribution in [2.45, 2.75) is 26.0 Å². The number of benzene rings is 1. The van der Waals surface area contributed by atoms with E-state index in [2.05, 4.69) is 4.98 Å². The van der Waals surface area contributed by atoms with E-state index in [9.17, 15) is 19.8 Å². The molecule has 0 radical (unpaired) electrons. The first-order chi connectivity index (χ1) is 13.4. The molecule has 0 bridgehead atoms. The molecule has 0 aliphatic carbocycles. The summed E-state index contributed by atoms with van der Waals surface area (Å²) < 4.78 is 5.54. The number of Topliss-reactive ketones (excluding diaryl/α,β-unsaturated/α-hetero) is 1. The largest absolute Gasteiger partial charge is 0.508 e. The van der Waals surface area contributed by atoms with Crippen molar-refractivity contribution in [2.24, 2.45) is 0 Å². The smallest absolute Gasteiger partial charge is 0.295 e. The second-order valence-electron chi connectivity index (χ2n) is 6.74. The van der Waals surface area contributed by atoms with Gasteiger partial charge in [0.2, 0.25) is 0 Å². The molecular weight excluding hydrogens is 360 g/mol. The Morgan fingerprint density at radius 3 is 2.39 bits per heavy atom. The SMILES string of the molecule is CC(C)OCCN1C(=O)C(=O)/C(=C(\O)c2ccncc2)C1c1ccc(O)cc1. The molecule has 1 unspecified atom stereocenters. The molecule has 2 heterocycles. The zero-order valence-electron chi connectivity index (χ0n) is 15.7. The van der Waals surface area contributed by atoms with Crippen molar-refractivity contribution >= 4 is 17.4 Å². The van der Waals surface area contributed by atoms with Crippen LogP contribution in [0.25, 0.3) is 5.76 Å². The second kappa shape index (κ2) is 8.22. The summed E-state index contributed by atoms with van der Waals surface area (Å²) in [5.41, 5.74) is 1.01. The number of amides is 1. The predicted molar refractivity (Wildman–Crippen MR) is 102 cm³/mol. The Labute approximate surface area is 162 Å². The Morgan fingerprint density at radius 2 is 1.79 bits per heavy atom. The van der Waals surface area contributed by atoms with Crippen LogP contribution in [0.2, 0.25) is 0 Å². The van der Waals surface area contributed by atoms with Crippen LogP contribution < -0.4 is 0 Å². The summed E-state index contributed by atoms with van der Waals surface area (Å²) in [5.74, 6) is -1.64. The van der Waals surface area contributed by atoms with Crippen molar-refractivity contribution in [3.05, 3.63) is 65.5 Å². The molecule has 0 saturated carbocycles. The van der Waals surface area contributed by atoms with Gasteiger partial charge in [0, 0.05) is 24.5 Å². The molecule has 1 aliphatic rings. The fourth-order valence-electron chi connectivity index (χ4n) is 3.17. The lowest BCUT2D eigenvalue weighted by Crippen LogP contribution is -2.33. The van der Waals surface area contributed by atoms with Gasteiger partial charge in [-0.15, -0.1) is 0 Å². The highest BCUT2D eigenvalue weighted by atomic mass is 16.5. The first-order valence-electron chi connectivity index (χ1n) is 8.99. The number of phenols is 1. The lowest BCUT2D eigenvalue weighted by molar-refractivity contribution is -0.140. The summed E-state index contributed by atoms with van der Waals surface area (Å²) >= 11 is 0. The van der Waals surface area contributed by atoms with Crippen LogP contribution in [-0.2, 0) is 14.3 Å². The Morgan fingerprint density at radius 1 is 1.14 bits per heavy atom. The number of hydrogen-bond acceptors (Lipinski definition) is 6. The van der Waals surface area contributed by atoms with Crippen molar-refractivity contribution in [1.82, 2.24) is 9.88 Å². The van der Waals surface area contributed by atoms with Crippen LogP contribution in [0.5, 0.6) is 5.75 Å². The molecule has 1 atom stereocenters. The van der Waals surface area contributed by atoms with E-state index in [1.165, 1.54) is 29.4 Å². The number of aromatic nitrogens is 1. The van der Waals surface area contributed by atoms with Crippen molar-refractivity contribution in [2.75, 3.05) is 13.2 Å². The highest BCUT2D eigenvalue weighted by molar-refractivity contribution is 6.46. The highest BCUT2D eigenvalue weighted by Crippen LogP contribution is 2.39. The molecule has 1 aliphatic heterocycles. The molecule has 7 heteroatoms. The molecule has 1 aromatic heterocycles. The third-order valence-electron chi connectivity index (χ3n) is 4.49. The molecule has 0 spiro atoms. The van der Waals surface area contributed by atoms with Crippen molar-refractivity contribution in [3.63, 3.8) is 0 Å². The maximum Gasteiger partial charge on any atom is 0.295 e. The summed E-state index contributed by atoms with van der Waals surface area (Å²) in [7, 11) is 0. The van der Waals surface area contributed by atoms with Crippen molar-refractivity contribution in [1.29, 1.82) is 0 Å². The van der Waals surface area contributed by atoms with Crippen LogP contribution in [0.1, 0.15) is 31.0 Å². The summed E-state index contributed by atoms with van der Waals surface area (Å²) in [4.78, 5) is 30.8. The predicted octanol–water partition coefficient (Wildman–Crippen LogP) is 2.63. The lowest BCUT2D eigenvalue weighted by Gasteiger charge is -2.25. The maximum absolute atomic E-state index is 12.8. The van der Waals surface area contributed by atoms with E-state index in [4.69, 9.17) is 4.74 Å². The molecule has 1 saturated heterocycles. The van der Waals surface area contributed by atoms with Crippen LogP contribution in [-0.4, -0.2) is 51.0 Å². The highest BCUT2D eigenvalue weighted by Gasteiger charge is 2.45. The fourth-order valence-corrected chi connectivity index (χ4v) is 3.17. The number of aromatic hydroxyl groups is 1. The number of likely N-dealkylation sites (tertiary alicyclic amines) is 1. The molecular formula is C21H22N2O5. The molecule has 3 rings (SSSR count). The molecule has 2 N–H and O–H groups in total. The van der Waals surface area contributed by atoms with Gasteiger partial charge >= 0.3 is 0 Å². The number of aliphatic hydroxyl groups excluding tert-OH is 1. The number of aliphatic hydroxyl groups is 1. The van der Waals surface area contributed by atoms with Gasteiger partial charge in [0.1, 0.15) is 11.5 Å². The van der Waals surface area contributed by atoms with Gasteiger partial charge in [-0.05, 0) is 43.7 Å². The van der Waals surface area contributed by atoms with E-state index in [0.717, 1.165) is 0 Å². The lowest BCUT2D eigenvalue weighted by atomic mass is 9.95. The first-order valence-corrected chi connectivity index (χ1v) is 8.99. The fraction of sp³-hybridized carbons (Fsp3) is 0.286. The van der Waals surface area contributed by atoms with Gasteiger partial charge in [-0.2, -0.15) is 0 Å². The van der Waals surface area contributed by atoms with Crippen LogP contribution in [0, 0.1) is 0 Å². The topological polar surface area (TPSA) is 100.0 Å². The summed E-state index contributed by atoms with van der Waals surface area (Å²) in [6, 6.07) is 8.57. The number of carbonyl (C=O) groups excluding carboxylic acids is 2. The van der Waals surface area contributed by atoms with Crippen LogP contribution in [0.3, 0.4) is 0 Å². The maximum atomic E-state index is 12.8. The summed E-state index contributed by atoms with van der Waals surface area (Å²) in [5, 5.41) is 20.4. The third-order valence-corrected chi connectivity index (χ3v) is 4.49. The minimum absolute atomic E-state index is 0.00596. The number of carbonyl (C=O) groups is 2. The van der Waals surface area contributed by atoms with Crippen molar-refractivity contribution < 1.29 is 24.5 Å². The van der Waals surface area contributed by atoms with E-state index in [0.29, 0.717) is 11.1 Å². The molecule has 1 amide bonds. The van der Waals surface area contributed by atoms with Crippen LogP contribution >= 0.6 is 0 Å². The Balaban J connectivity index is 2.07. The summed E-state index contributed by atoms with van der Waals surface area (Å²) in [6.45, 7) is 4.22. The molecule has 1 aromatic carbocycles. The molecule has 1 fully saturated rings. The third kappa shape index (κ3) is 3.89. The van der Waals surface area contributed by atoms with Gasteiger partial charge < -0.3 is 19.8 Å². The van der Waals surface area contributed by atoms with Crippen LogP contribution in [0.4, 0.5) is 0 Å². The van der Waals surface area contributed by atoms with Gasteiger partial charge in [-0.1, -0.05) is 12.1 Å². The molecule has 146 valence electrons. The number of phenolic OH excluding ortho intramolecular Hbond substituents is 1. The number of rotatable bonds is 6. The van der Waals surface area contributed by atoms with Crippen molar-refractivity contribution in [3.8, 4) is 5.75 Å². The monoisotopic (exact) mass is 382 g/mol. The Kier molecular flexibility index (Phi) is 5.75. The molecule has 28 heavy (non-hydrogen) atoms. The average Bonchev–Trinajstić information content (AvgIpc) is 2.93. The quantitative estimate of drug-likeness (QED) is 0.453. The number of nitrogens with zero attached hydrogens (tertiary/aromatic N) is 2. The van der Waals surface area contributed by atoms with Gasteiger partial charge in [-0.3, -0.25) is 14.6 Å². The van der Waals surface area contributed by atoms with E-state index >= 15 is 0 Å². The van der Waals surface area contributed by atoms with E-state index in [-0.39, 0.29) is 36.3 Å². The van der Waals surface area contributed by atoms with Gasteiger partial charge in [0.25, 0.3) is 11.7 Å². The van der Waals surface area contributed by atoms with Gasteiger partial charge in [-0.25, -0.2) is 0 Å². The Hall–Kier alpha value is -3.19. The molecule has 7 nitrogen and oxygen atoms in total. The average molecular weight is 382 g/mol. The second-order valence-corrected chi connectivity index (χ2v) is 6.74. The minimum atomic E-state index is -0.774. The number of pyridine rings is 1. The first kappa shape index (κ1) is 19.6. The van der Waals surface area contributed by atoms with Crippen LogP contribution in [0.15, 0.2) is 54.4 Å². The number of hydrogen-bond donors (Lipinski definition) is 2. The van der Waals surface area contributed by atoms with E-state index in [1.807, 2.05) is 13.8 Å². The van der Waals surface area contributed by atoms with Gasteiger partial charge in [0.05, 0.1) is 24.3 Å². The summed E-state index contributed by atoms with van der Waals surface area (Å²) in [6.07, 6.45) is 2.98. The number of ether oxygens (including phenoxy) is 1. The van der Waals surface area contributed by atoms with E-state index in [1.54, 1.807) is 24.3 Å². The van der Waals surface area contributed by atoms with E-state index < -0.39 is 17.7 Å². The van der Waals surface area contributed by atoms with Gasteiger partial charge in [0.15, 0.2) is 0 Å². The standard InChI is InChI=1S/C21H22N2O5/c1-13(2)28-12-11-23-18(14-3-5-16(24)6-4-14)17(20(26)21(23)27)19(25)15-7-9-22-10-8-15/h3-10,13,18,24-25H,11-12H2,1-2H3/b19-17-. The zero-order valence-corrected chi connectivity index (χ0v) is 15.7. The zero-order chi connectivity index (χ0) is 20.3. The molecule has 2 aromatic rings. The Bertz CT molecular complexity index is 891. The number of ketones is 1. The minimum Gasteiger partial charge on any atom is -0.508 e.